The van der Waals surface area contributed by atoms with E-state index in [1.54, 1.807) is 6.07 Å². The molecule has 5 rings (SSSR count). The van der Waals surface area contributed by atoms with Gasteiger partial charge in [0.2, 0.25) is 0 Å². The molecule has 0 radical (unpaired) electrons. The molecule has 1 aliphatic heterocycles. The molecule has 3 heterocycles. The number of nitrogens with one attached hydrogen (secondary N) is 1. The van der Waals surface area contributed by atoms with E-state index in [9.17, 15) is 0 Å². The first kappa shape index (κ1) is 23.7. The highest BCUT2D eigenvalue weighted by Gasteiger charge is 2.23. The van der Waals surface area contributed by atoms with Gasteiger partial charge in [0.15, 0.2) is 17.2 Å². The van der Waals surface area contributed by atoms with E-state index in [0.29, 0.717) is 54.5 Å². The molecule has 8 heteroatoms. The number of anilines is 2. The Bertz CT molecular complexity index is 1220. The summed E-state index contributed by atoms with van der Waals surface area (Å²) in [5.41, 5.74) is 16.4. The predicted molar refractivity (Wildman–Crippen MR) is 138 cm³/mol. The highest BCUT2D eigenvalue weighted by Crippen LogP contribution is 2.35. The zero-order valence-corrected chi connectivity index (χ0v) is 19.8. The minimum atomic E-state index is 0.117. The number of allylic oxidation sites excluding steroid dienone is 2. The molecule has 2 aromatic heterocycles. The molecule has 2 aliphatic rings. The van der Waals surface area contributed by atoms with Gasteiger partial charge in [-0.25, -0.2) is 9.97 Å². The van der Waals surface area contributed by atoms with Gasteiger partial charge in [-0.05, 0) is 18.9 Å². The first-order valence-corrected chi connectivity index (χ1v) is 11.8. The average molecular weight is 461 g/mol. The number of aromatic nitrogens is 2. The molecular formula is C26H32N6O2. The summed E-state index contributed by atoms with van der Waals surface area (Å²) in [5, 5.41) is 7.83. The van der Waals surface area contributed by atoms with Gasteiger partial charge in [0.1, 0.15) is 11.3 Å². The number of benzene rings is 1. The lowest BCUT2D eigenvalue weighted by Gasteiger charge is -2.28. The first-order chi connectivity index (χ1) is 16.6. The number of nitrogens with zero attached hydrogens (tertiary/aromatic N) is 3. The minimum absolute atomic E-state index is 0.117. The zero-order chi connectivity index (χ0) is 24.1. The van der Waals surface area contributed by atoms with E-state index in [1.807, 2.05) is 32.0 Å². The molecule has 1 saturated heterocycles. The molecule has 3 aromatic rings. The zero-order valence-electron chi connectivity index (χ0n) is 19.8. The van der Waals surface area contributed by atoms with Gasteiger partial charge in [0, 0.05) is 53.8 Å². The molecule has 0 amide bonds. The second-order valence-corrected chi connectivity index (χ2v) is 8.04. The van der Waals surface area contributed by atoms with Crippen molar-refractivity contribution in [1.82, 2.24) is 9.97 Å². The van der Waals surface area contributed by atoms with Gasteiger partial charge in [-0.1, -0.05) is 44.2 Å². The molecule has 1 fully saturated rings. The van der Waals surface area contributed by atoms with Crippen molar-refractivity contribution in [3.8, 4) is 11.4 Å². The second-order valence-electron chi connectivity index (χ2n) is 8.04. The number of rotatable bonds is 4. The Hall–Kier alpha value is -3.49. The van der Waals surface area contributed by atoms with Crippen molar-refractivity contribution >= 4 is 34.4 Å². The van der Waals surface area contributed by atoms with Crippen LogP contribution in [0.25, 0.3) is 28.1 Å². The monoisotopic (exact) mass is 460 g/mol. The Morgan fingerprint density at radius 2 is 1.94 bits per heavy atom. The normalized spacial score (nSPS) is 18.1. The number of hydrogen-bond acceptors (Lipinski definition) is 8. The maximum absolute atomic E-state index is 7.83. The molecule has 178 valence electrons. The fraction of sp³-hybridized carbons (Fsp3) is 0.346. The highest BCUT2D eigenvalue weighted by molar-refractivity contribution is 5.96. The number of hydrogen-bond donors (Lipinski definition) is 3. The van der Waals surface area contributed by atoms with Crippen molar-refractivity contribution in [3.63, 3.8) is 0 Å². The van der Waals surface area contributed by atoms with Crippen molar-refractivity contribution < 1.29 is 9.15 Å². The van der Waals surface area contributed by atoms with Crippen molar-refractivity contribution in [2.24, 2.45) is 5.73 Å². The Kier molecular flexibility index (Phi) is 7.40. The molecule has 8 nitrogen and oxygen atoms in total. The van der Waals surface area contributed by atoms with Crippen LogP contribution in [-0.4, -0.2) is 48.5 Å². The van der Waals surface area contributed by atoms with E-state index in [2.05, 4.69) is 23.1 Å². The van der Waals surface area contributed by atoms with Crippen LogP contribution >= 0.6 is 0 Å². The number of furan rings is 1. The van der Waals surface area contributed by atoms with Crippen LogP contribution in [0.1, 0.15) is 38.0 Å². The van der Waals surface area contributed by atoms with Crippen molar-refractivity contribution in [2.45, 2.75) is 32.7 Å². The fourth-order valence-electron chi connectivity index (χ4n) is 4.10. The number of ether oxygens (including phenoxy) is 1. The average Bonchev–Trinajstić information content (AvgIpc) is 3.19. The third-order valence-electron chi connectivity index (χ3n) is 5.85. The van der Waals surface area contributed by atoms with Crippen LogP contribution in [0.2, 0.25) is 0 Å². The van der Waals surface area contributed by atoms with Crippen LogP contribution in [0, 0.1) is 5.41 Å². The van der Waals surface area contributed by atoms with Gasteiger partial charge in [0.05, 0.1) is 13.2 Å². The first-order valence-electron chi connectivity index (χ1n) is 11.8. The largest absolute Gasteiger partial charge is 0.450 e. The molecule has 5 N–H and O–H groups in total. The molecule has 1 unspecified atom stereocenters. The van der Waals surface area contributed by atoms with Crippen LogP contribution < -0.4 is 16.4 Å². The van der Waals surface area contributed by atoms with Gasteiger partial charge in [-0.2, -0.15) is 0 Å². The van der Waals surface area contributed by atoms with Crippen LogP contribution in [0.15, 0.2) is 46.9 Å². The summed E-state index contributed by atoms with van der Waals surface area (Å²) in [6, 6.07) is 7.58. The van der Waals surface area contributed by atoms with E-state index in [0.717, 1.165) is 35.6 Å². The summed E-state index contributed by atoms with van der Waals surface area (Å²) in [4.78, 5) is 11.9. The van der Waals surface area contributed by atoms with Crippen molar-refractivity contribution in [2.75, 3.05) is 36.9 Å². The number of morpholine rings is 1. The van der Waals surface area contributed by atoms with Crippen molar-refractivity contribution in [3.05, 3.63) is 53.8 Å². The van der Waals surface area contributed by atoms with E-state index in [-0.39, 0.29) is 6.04 Å². The van der Waals surface area contributed by atoms with Gasteiger partial charge in [0.25, 0.3) is 0 Å². The summed E-state index contributed by atoms with van der Waals surface area (Å²) in [6.45, 7) is 6.69. The Morgan fingerprint density at radius 3 is 2.71 bits per heavy atom. The lowest BCUT2D eigenvalue weighted by Crippen LogP contribution is -2.37. The van der Waals surface area contributed by atoms with Crippen LogP contribution in [0.5, 0.6) is 0 Å². The molecule has 0 bridgehead atoms. The third-order valence-corrected chi connectivity index (χ3v) is 5.85. The lowest BCUT2D eigenvalue weighted by molar-refractivity contribution is 0.122. The second kappa shape index (κ2) is 10.6. The van der Waals surface area contributed by atoms with Gasteiger partial charge in [-0.3, -0.25) is 0 Å². The molecule has 1 aromatic carbocycles. The summed E-state index contributed by atoms with van der Waals surface area (Å²) in [7, 11) is 0. The topological polar surface area (TPSA) is 127 Å². The van der Waals surface area contributed by atoms with Gasteiger partial charge in [-0.15, -0.1) is 0 Å². The Labute approximate surface area is 199 Å². The fourth-order valence-corrected chi connectivity index (χ4v) is 4.10. The van der Waals surface area contributed by atoms with E-state index >= 15 is 0 Å². The predicted octanol–water partition coefficient (Wildman–Crippen LogP) is 4.39. The Morgan fingerprint density at radius 1 is 1.15 bits per heavy atom. The third kappa shape index (κ3) is 4.73. The summed E-state index contributed by atoms with van der Waals surface area (Å²) >= 11 is 0. The molecule has 0 spiro atoms. The van der Waals surface area contributed by atoms with Crippen molar-refractivity contribution in [1.29, 1.82) is 5.41 Å². The lowest BCUT2D eigenvalue weighted by atomic mass is 10.1. The molecule has 0 saturated carbocycles. The van der Waals surface area contributed by atoms with E-state index in [4.69, 9.17) is 36.0 Å². The number of nitrogens with two attached hydrogens (primary N) is 2. The Balaban J connectivity index is 0.00000133. The molecule has 1 aliphatic carbocycles. The van der Waals surface area contributed by atoms with Gasteiger partial charge >= 0.3 is 0 Å². The molecular weight excluding hydrogens is 428 g/mol. The van der Waals surface area contributed by atoms with Gasteiger partial charge < -0.3 is 30.9 Å². The number of nitrogen functional groups attached to an aromatic ring is 1. The highest BCUT2D eigenvalue weighted by atomic mass is 16.5. The minimum Gasteiger partial charge on any atom is -0.450 e. The van der Waals surface area contributed by atoms with E-state index in [1.165, 1.54) is 6.21 Å². The number of fused-ring (bicyclic) bond motifs is 1. The molecule has 34 heavy (non-hydrogen) atoms. The molecule has 1 atom stereocenters. The quantitative estimate of drug-likeness (QED) is 0.389. The summed E-state index contributed by atoms with van der Waals surface area (Å²) in [6.07, 6.45) is 9.12. The van der Waals surface area contributed by atoms with E-state index < -0.39 is 0 Å². The van der Waals surface area contributed by atoms with Crippen LogP contribution in [0.4, 0.5) is 11.5 Å². The van der Waals surface area contributed by atoms with Crippen LogP contribution in [-0.2, 0) is 4.74 Å². The summed E-state index contributed by atoms with van der Waals surface area (Å²) in [5.74, 6) is 1.99. The summed E-state index contributed by atoms with van der Waals surface area (Å²) < 4.78 is 11.8. The smallest absolute Gasteiger partial charge is 0.195 e. The van der Waals surface area contributed by atoms with Crippen LogP contribution in [0.3, 0.4) is 0 Å². The maximum atomic E-state index is 7.83. The standard InChI is InChI=1S/C24H26N6O2.C2H6/c25-14-18-17(5-2-6-19(18)27)23-28-20-13-21(15-3-1-4-16(26)8-7-15)32-22(20)24(29-23)30-9-11-31-12-10-30;1-2/h1-3,5-7,13-14,16,25H,4,8-12,26-27H2;1-2H3. The SMILES string of the molecule is CC.N=Cc1c(N)cccc1-c1nc(N2CCOCC2)c2oc(C3=CCC(N)CC=C3)cc2n1. The maximum Gasteiger partial charge on any atom is 0.195 e.